The zero-order valence-electron chi connectivity index (χ0n) is 7.46. The second kappa shape index (κ2) is 6.34. The van der Waals surface area contributed by atoms with Crippen LogP contribution in [0, 0.1) is 0 Å². The maximum absolute atomic E-state index is 11.5. The standard InChI is InChI=1S/C9H10BrIN2O/c10-8-4-7(5-12-6-8)9(14)13-3-1-2-11/h4-6H,1-3H2,(H,13,14). The lowest BCUT2D eigenvalue weighted by Gasteiger charge is -2.03. The van der Waals surface area contributed by atoms with E-state index >= 15 is 0 Å². The fourth-order valence-corrected chi connectivity index (χ4v) is 1.65. The Balaban J connectivity index is 2.52. The van der Waals surface area contributed by atoms with E-state index in [4.69, 9.17) is 0 Å². The molecule has 3 nitrogen and oxygen atoms in total. The Labute approximate surface area is 105 Å². The summed E-state index contributed by atoms with van der Waals surface area (Å²) in [7, 11) is 0. The van der Waals surface area contributed by atoms with E-state index in [0.29, 0.717) is 12.1 Å². The number of hydrogen-bond donors (Lipinski definition) is 1. The average Bonchev–Trinajstić information content (AvgIpc) is 2.18. The zero-order chi connectivity index (χ0) is 10.4. The van der Waals surface area contributed by atoms with Crippen molar-refractivity contribution in [3.8, 4) is 0 Å². The van der Waals surface area contributed by atoms with Crippen molar-refractivity contribution in [3.63, 3.8) is 0 Å². The third-order valence-electron chi connectivity index (χ3n) is 1.56. The molecule has 1 aromatic heterocycles. The molecule has 1 N–H and O–H groups in total. The molecular weight excluding hydrogens is 359 g/mol. The van der Waals surface area contributed by atoms with Crippen LogP contribution in [0.3, 0.4) is 0 Å². The van der Waals surface area contributed by atoms with E-state index in [0.717, 1.165) is 15.3 Å². The van der Waals surface area contributed by atoms with Gasteiger partial charge in [-0.1, -0.05) is 22.6 Å². The van der Waals surface area contributed by atoms with Crippen LogP contribution in [0.4, 0.5) is 0 Å². The van der Waals surface area contributed by atoms with Gasteiger partial charge in [-0.3, -0.25) is 9.78 Å². The molecule has 0 bridgehead atoms. The van der Waals surface area contributed by atoms with Gasteiger partial charge in [0.25, 0.3) is 5.91 Å². The highest BCUT2D eigenvalue weighted by Gasteiger charge is 2.04. The molecular formula is C9H10BrIN2O. The number of nitrogens with one attached hydrogen (secondary N) is 1. The quantitative estimate of drug-likeness (QED) is 0.503. The highest BCUT2D eigenvalue weighted by molar-refractivity contribution is 14.1. The normalized spacial score (nSPS) is 9.86. The summed E-state index contributed by atoms with van der Waals surface area (Å²) >= 11 is 5.55. The van der Waals surface area contributed by atoms with Crippen LogP contribution >= 0.6 is 38.5 Å². The van der Waals surface area contributed by atoms with Gasteiger partial charge in [-0.2, -0.15) is 0 Å². The van der Waals surface area contributed by atoms with Crippen LogP contribution in [-0.4, -0.2) is 21.9 Å². The predicted molar refractivity (Wildman–Crippen MR) is 67.8 cm³/mol. The summed E-state index contributed by atoms with van der Waals surface area (Å²) in [6.45, 7) is 0.717. The first-order valence-electron chi connectivity index (χ1n) is 4.19. The fourth-order valence-electron chi connectivity index (χ4n) is 0.907. The molecule has 0 saturated carbocycles. The largest absolute Gasteiger partial charge is 0.352 e. The van der Waals surface area contributed by atoms with Crippen LogP contribution in [0.2, 0.25) is 0 Å². The minimum Gasteiger partial charge on any atom is -0.352 e. The van der Waals surface area contributed by atoms with Crippen molar-refractivity contribution in [1.82, 2.24) is 10.3 Å². The number of hydrogen-bond acceptors (Lipinski definition) is 2. The number of aromatic nitrogens is 1. The molecule has 0 fully saturated rings. The van der Waals surface area contributed by atoms with Crippen molar-refractivity contribution >= 4 is 44.4 Å². The maximum Gasteiger partial charge on any atom is 0.252 e. The Morgan fingerprint density at radius 1 is 1.57 bits per heavy atom. The second-order valence-corrected chi connectivity index (χ2v) is 4.68. The molecule has 1 rings (SSSR count). The first-order valence-corrected chi connectivity index (χ1v) is 6.50. The molecule has 0 unspecified atom stereocenters. The Morgan fingerprint density at radius 3 is 3.00 bits per heavy atom. The SMILES string of the molecule is O=C(NCCCI)c1cncc(Br)c1. The number of rotatable bonds is 4. The molecule has 14 heavy (non-hydrogen) atoms. The molecule has 76 valence electrons. The molecule has 0 spiro atoms. The summed E-state index contributed by atoms with van der Waals surface area (Å²) < 4.78 is 1.87. The molecule has 0 aliphatic heterocycles. The molecule has 0 aromatic carbocycles. The number of carbonyl (C=O) groups is 1. The van der Waals surface area contributed by atoms with E-state index < -0.39 is 0 Å². The number of alkyl halides is 1. The summed E-state index contributed by atoms with van der Waals surface area (Å²) in [5.74, 6) is -0.0661. The zero-order valence-corrected chi connectivity index (χ0v) is 11.2. The molecule has 0 saturated heterocycles. The van der Waals surface area contributed by atoms with E-state index in [1.165, 1.54) is 0 Å². The van der Waals surface area contributed by atoms with E-state index in [-0.39, 0.29) is 5.91 Å². The third-order valence-corrected chi connectivity index (χ3v) is 2.76. The maximum atomic E-state index is 11.5. The second-order valence-electron chi connectivity index (χ2n) is 2.69. The Kier molecular flexibility index (Phi) is 5.39. The van der Waals surface area contributed by atoms with Crippen LogP contribution in [-0.2, 0) is 0 Å². The first-order chi connectivity index (χ1) is 6.74. The van der Waals surface area contributed by atoms with Crippen molar-refractivity contribution in [2.45, 2.75) is 6.42 Å². The Bertz CT molecular complexity index is 319. The minimum absolute atomic E-state index is 0.0661. The van der Waals surface area contributed by atoms with Crippen molar-refractivity contribution in [2.24, 2.45) is 0 Å². The number of nitrogens with zero attached hydrogens (tertiary/aromatic N) is 1. The predicted octanol–water partition coefficient (Wildman–Crippen LogP) is 2.40. The van der Waals surface area contributed by atoms with Crippen LogP contribution < -0.4 is 5.32 Å². The molecule has 1 heterocycles. The van der Waals surface area contributed by atoms with Gasteiger partial charge in [0.15, 0.2) is 0 Å². The first kappa shape index (κ1) is 11.9. The van der Waals surface area contributed by atoms with Gasteiger partial charge in [0.2, 0.25) is 0 Å². The summed E-state index contributed by atoms with van der Waals surface area (Å²) in [4.78, 5) is 15.4. The van der Waals surface area contributed by atoms with Crippen molar-refractivity contribution < 1.29 is 4.79 Å². The lowest BCUT2D eigenvalue weighted by molar-refractivity contribution is 0.0953. The van der Waals surface area contributed by atoms with Gasteiger partial charge < -0.3 is 5.32 Å². The number of halogens is 2. The highest BCUT2D eigenvalue weighted by atomic mass is 127. The van der Waals surface area contributed by atoms with Crippen LogP contribution in [0.5, 0.6) is 0 Å². The summed E-state index contributed by atoms with van der Waals surface area (Å²) in [5, 5.41) is 2.82. The lowest BCUT2D eigenvalue weighted by atomic mass is 10.2. The van der Waals surface area contributed by atoms with Crippen LogP contribution in [0.25, 0.3) is 0 Å². The average molecular weight is 369 g/mol. The summed E-state index contributed by atoms with van der Waals surface area (Å²) in [5.41, 5.74) is 0.591. The van der Waals surface area contributed by atoms with Gasteiger partial charge in [-0.15, -0.1) is 0 Å². The molecule has 0 atom stereocenters. The monoisotopic (exact) mass is 368 g/mol. The lowest BCUT2D eigenvalue weighted by Crippen LogP contribution is -2.24. The number of carbonyl (C=O) groups excluding carboxylic acids is 1. The van der Waals surface area contributed by atoms with E-state index in [9.17, 15) is 4.79 Å². The topological polar surface area (TPSA) is 42.0 Å². The third kappa shape index (κ3) is 3.91. The van der Waals surface area contributed by atoms with E-state index in [1.807, 2.05) is 0 Å². The van der Waals surface area contributed by atoms with E-state index in [1.54, 1.807) is 18.5 Å². The summed E-state index contributed by atoms with van der Waals surface area (Å²) in [6.07, 6.45) is 4.21. The number of amides is 1. The van der Waals surface area contributed by atoms with Crippen molar-refractivity contribution in [2.75, 3.05) is 11.0 Å². The van der Waals surface area contributed by atoms with Crippen LogP contribution in [0.1, 0.15) is 16.8 Å². The molecule has 0 aliphatic rings. The van der Waals surface area contributed by atoms with Crippen LogP contribution in [0.15, 0.2) is 22.9 Å². The smallest absolute Gasteiger partial charge is 0.252 e. The van der Waals surface area contributed by atoms with Gasteiger partial charge >= 0.3 is 0 Å². The van der Waals surface area contributed by atoms with Crippen molar-refractivity contribution in [3.05, 3.63) is 28.5 Å². The molecule has 1 amide bonds. The molecule has 1 aromatic rings. The highest BCUT2D eigenvalue weighted by Crippen LogP contribution is 2.09. The van der Waals surface area contributed by atoms with Crippen molar-refractivity contribution in [1.29, 1.82) is 0 Å². The number of pyridine rings is 1. The van der Waals surface area contributed by atoms with Gasteiger partial charge in [0.1, 0.15) is 0 Å². The molecule has 0 radical (unpaired) electrons. The van der Waals surface area contributed by atoms with Gasteiger partial charge in [-0.05, 0) is 28.4 Å². The Hall–Kier alpha value is -0.170. The van der Waals surface area contributed by atoms with Gasteiger partial charge in [0, 0.05) is 27.8 Å². The van der Waals surface area contributed by atoms with Gasteiger partial charge in [-0.25, -0.2) is 0 Å². The van der Waals surface area contributed by atoms with Gasteiger partial charge in [0.05, 0.1) is 5.56 Å². The molecule has 0 aliphatic carbocycles. The summed E-state index contributed by atoms with van der Waals surface area (Å²) in [6, 6.07) is 1.76. The van der Waals surface area contributed by atoms with E-state index in [2.05, 4.69) is 48.8 Å². The minimum atomic E-state index is -0.0661. The Morgan fingerprint density at radius 2 is 2.36 bits per heavy atom. The molecule has 5 heteroatoms. The fraction of sp³-hybridized carbons (Fsp3) is 0.333.